The number of benzene rings is 1. The molecule has 0 aliphatic heterocycles. The standard InChI is InChI=1S/C10H10N2O/c1-13-8-2-3-10-9(4-8)7(5-11)6-12-10/h2-6,11-12H,1H3. The van der Waals surface area contributed by atoms with Gasteiger partial charge in [-0.05, 0) is 18.2 Å². The van der Waals surface area contributed by atoms with E-state index in [1.165, 1.54) is 6.21 Å². The Hall–Kier alpha value is -1.77. The Morgan fingerprint density at radius 2 is 2.31 bits per heavy atom. The van der Waals surface area contributed by atoms with Crippen LogP contribution in [0.4, 0.5) is 0 Å². The Bertz CT molecular complexity index is 445. The van der Waals surface area contributed by atoms with Gasteiger partial charge in [-0.25, -0.2) is 0 Å². The van der Waals surface area contributed by atoms with Crippen LogP contribution < -0.4 is 4.74 Å². The van der Waals surface area contributed by atoms with Gasteiger partial charge in [0.25, 0.3) is 0 Å². The number of nitrogens with one attached hydrogen (secondary N) is 2. The highest BCUT2D eigenvalue weighted by Crippen LogP contribution is 2.22. The number of aromatic amines is 1. The van der Waals surface area contributed by atoms with Crippen molar-refractivity contribution in [3.8, 4) is 5.75 Å². The molecule has 0 radical (unpaired) electrons. The molecular weight excluding hydrogens is 164 g/mol. The minimum Gasteiger partial charge on any atom is -0.497 e. The lowest BCUT2D eigenvalue weighted by Crippen LogP contribution is -1.82. The average Bonchev–Trinajstić information content (AvgIpc) is 2.59. The molecule has 0 fully saturated rings. The molecule has 0 aliphatic carbocycles. The summed E-state index contributed by atoms with van der Waals surface area (Å²) in [4.78, 5) is 3.08. The Kier molecular flexibility index (Phi) is 1.77. The number of hydrogen-bond donors (Lipinski definition) is 2. The van der Waals surface area contributed by atoms with Crippen molar-refractivity contribution in [2.45, 2.75) is 0 Å². The van der Waals surface area contributed by atoms with Gasteiger partial charge < -0.3 is 15.1 Å². The number of ether oxygens (including phenoxy) is 1. The van der Waals surface area contributed by atoms with Crippen LogP contribution in [0.5, 0.6) is 5.75 Å². The predicted molar refractivity (Wildman–Crippen MR) is 52.7 cm³/mol. The van der Waals surface area contributed by atoms with E-state index < -0.39 is 0 Å². The lowest BCUT2D eigenvalue weighted by atomic mass is 10.2. The van der Waals surface area contributed by atoms with E-state index in [0.29, 0.717) is 0 Å². The SMILES string of the molecule is COc1ccc2[nH]cc(C=N)c2c1. The normalized spacial score (nSPS) is 10.2. The van der Waals surface area contributed by atoms with Gasteiger partial charge in [0.1, 0.15) is 5.75 Å². The lowest BCUT2D eigenvalue weighted by molar-refractivity contribution is 0.415. The van der Waals surface area contributed by atoms with Crippen LogP contribution >= 0.6 is 0 Å². The van der Waals surface area contributed by atoms with Crippen molar-refractivity contribution >= 4 is 17.1 Å². The van der Waals surface area contributed by atoms with Crippen LogP contribution in [0, 0.1) is 5.41 Å². The van der Waals surface area contributed by atoms with E-state index in [1.807, 2.05) is 24.4 Å². The van der Waals surface area contributed by atoms with E-state index in [1.54, 1.807) is 7.11 Å². The molecule has 2 aromatic rings. The summed E-state index contributed by atoms with van der Waals surface area (Å²) in [5.41, 5.74) is 1.91. The smallest absolute Gasteiger partial charge is 0.119 e. The molecule has 1 aromatic heterocycles. The fourth-order valence-electron chi connectivity index (χ4n) is 1.37. The fourth-order valence-corrected chi connectivity index (χ4v) is 1.37. The van der Waals surface area contributed by atoms with Gasteiger partial charge >= 0.3 is 0 Å². The van der Waals surface area contributed by atoms with Crippen LogP contribution in [0.25, 0.3) is 10.9 Å². The first-order valence-electron chi connectivity index (χ1n) is 4.01. The highest BCUT2D eigenvalue weighted by molar-refractivity contribution is 5.98. The first-order valence-corrected chi connectivity index (χ1v) is 4.01. The summed E-state index contributed by atoms with van der Waals surface area (Å²) in [5.74, 6) is 0.815. The van der Waals surface area contributed by atoms with Gasteiger partial charge in [0.15, 0.2) is 0 Å². The van der Waals surface area contributed by atoms with Crippen molar-refractivity contribution in [3.05, 3.63) is 30.0 Å². The van der Waals surface area contributed by atoms with Crippen LogP contribution in [0.3, 0.4) is 0 Å². The highest BCUT2D eigenvalue weighted by Gasteiger charge is 2.01. The van der Waals surface area contributed by atoms with E-state index in [0.717, 1.165) is 22.2 Å². The molecule has 1 heterocycles. The molecule has 0 unspecified atom stereocenters. The maximum atomic E-state index is 7.18. The van der Waals surface area contributed by atoms with E-state index in [-0.39, 0.29) is 0 Å². The van der Waals surface area contributed by atoms with E-state index in [4.69, 9.17) is 10.1 Å². The molecule has 3 nitrogen and oxygen atoms in total. The van der Waals surface area contributed by atoms with Gasteiger partial charge in [-0.3, -0.25) is 0 Å². The zero-order valence-corrected chi connectivity index (χ0v) is 7.29. The van der Waals surface area contributed by atoms with Crippen molar-refractivity contribution < 1.29 is 4.74 Å². The minimum absolute atomic E-state index is 0.815. The van der Waals surface area contributed by atoms with Crippen LogP contribution in [-0.4, -0.2) is 18.3 Å². The summed E-state index contributed by atoms with van der Waals surface area (Å²) in [6, 6.07) is 5.76. The molecule has 3 heteroatoms. The van der Waals surface area contributed by atoms with Gasteiger partial charge in [0, 0.05) is 28.9 Å². The molecule has 0 saturated heterocycles. The molecule has 0 bridgehead atoms. The van der Waals surface area contributed by atoms with Gasteiger partial charge in [0.2, 0.25) is 0 Å². The second kappa shape index (κ2) is 2.94. The summed E-state index contributed by atoms with van der Waals surface area (Å²) in [7, 11) is 1.64. The molecular formula is C10H10N2O. The Balaban J connectivity index is 2.71. The highest BCUT2D eigenvalue weighted by atomic mass is 16.5. The summed E-state index contributed by atoms with van der Waals surface area (Å²) >= 11 is 0. The van der Waals surface area contributed by atoms with Crippen molar-refractivity contribution in [1.82, 2.24) is 4.98 Å². The molecule has 0 atom stereocenters. The van der Waals surface area contributed by atoms with Crippen molar-refractivity contribution in [2.75, 3.05) is 7.11 Å². The third kappa shape index (κ3) is 1.18. The molecule has 0 amide bonds. The van der Waals surface area contributed by atoms with E-state index in [9.17, 15) is 0 Å². The summed E-state index contributed by atoms with van der Waals surface area (Å²) in [6.45, 7) is 0. The Labute approximate surface area is 75.9 Å². The molecule has 2 rings (SSSR count). The van der Waals surface area contributed by atoms with E-state index in [2.05, 4.69) is 4.98 Å². The van der Waals surface area contributed by atoms with Crippen LogP contribution in [0.2, 0.25) is 0 Å². The first kappa shape index (κ1) is 7.86. The summed E-state index contributed by atoms with van der Waals surface area (Å²) < 4.78 is 5.10. The Morgan fingerprint density at radius 3 is 3.00 bits per heavy atom. The minimum atomic E-state index is 0.815. The number of aromatic nitrogens is 1. The van der Waals surface area contributed by atoms with Crippen LogP contribution in [0.15, 0.2) is 24.4 Å². The Morgan fingerprint density at radius 1 is 1.46 bits per heavy atom. The number of hydrogen-bond acceptors (Lipinski definition) is 2. The molecule has 66 valence electrons. The molecule has 0 spiro atoms. The third-order valence-electron chi connectivity index (χ3n) is 2.08. The second-order valence-electron chi connectivity index (χ2n) is 2.80. The van der Waals surface area contributed by atoms with Crippen molar-refractivity contribution in [2.24, 2.45) is 0 Å². The van der Waals surface area contributed by atoms with Crippen molar-refractivity contribution in [3.63, 3.8) is 0 Å². The second-order valence-corrected chi connectivity index (χ2v) is 2.80. The lowest BCUT2D eigenvalue weighted by Gasteiger charge is -1.98. The fraction of sp³-hybridized carbons (Fsp3) is 0.100. The molecule has 2 N–H and O–H groups in total. The van der Waals surface area contributed by atoms with E-state index >= 15 is 0 Å². The number of methoxy groups -OCH3 is 1. The zero-order valence-electron chi connectivity index (χ0n) is 7.29. The molecule has 0 aliphatic rings. The average molecular weight is 174 g/mol. The predicted octanol–water partition coefficient (Wildman–Crippen LogP) is 2.17. The summed E-state index contributed by atoms with van der Waals surface area (Å²) in [6.07, 6.45) is 3.15. The van der Waals surface area contributed by atoms with Crippen LogP contribution in [-0.2, 0) is 0 Å². The molecule has 1 aromatic carbocycles. The van der Waals surface area contributed by atoms with Gasteiger partial charge in [-0.2, -0.15) is 0 Å². The number of fused-ring (bicyclic) bond motifs is 1. The summed E-state index contributed by atoms with van der Waals surface area (Å²) in [5, 5.41) is 8.21. The van der Waals surface area contributed by atoms with Gasteiger partial charge in [0.05, 0.1) is 7.11 Å². The number of rotatable bonds is 2. The zero-order chi connectivity index (χ0) is 9.26. The monoisotopic (exact) mass is 174 g/mol. The third-order valence-corrected chi connectivity index (χ3v) is 2.08. The maximum absolute atomic E-state index is 7.18. The quantitative estimate of drug-likeness (QED) is 0.673. The maximum Gasteiger partial charge on any atom is 0.119 e. The topological polar surface area (TPSA) is 48.9 Å². The first-order chi connectivity index (χ1) is 6.35. The van der Waals surface area contributed by atoms with Gasteiger partial charge in [-0.15, -0.1) is 0 Å². The number of H-pyrrole nitrogens is 1. The van der Waals surface area contributed by atoms with Crippen molar-refractivity contribution in [1.29, 1.82) is 5.41 Å². The van der Waals surface area contributed by atoms with Crippen LogP contribution in [0.1, 0.15) is 5.56 Å². The van der Waals surface area contributed by atoms with Gasteiger partial charge in [-0.1, -0.05) is 0 Å². The largest absolute Gasteiger partial charge is 0.497 e. The molecule has 13 heavy (non-hydrogen) atoms. The molecule has 0 saturated carbocycles.